The van der Waals surface area contributed by atoms with Crippen molar-refractivity contribution in [2.24, 2.45) is 0 Å². The van der Waals surface area contributed by atoms with Crippen molar-refractivity contribution in [1.29, 1.82) is 0 Å². The number of aliphatic hydroxyl groups is 1. The van der Waals surface area contributed by atoms with Gasteiger partial charge < -0.3 is 35.7 Å². The molecule has 2 unspecified atom stereocenters. The van der Waals surface area contributed by atoms with Crippen molar-refractivity contribution in [2.45, 2.75) is 32.4 Å². The molecule has 0 saturated carbocycles. The standard InChI is InChI=1S/C20H18ClN5O.C20H19N5O2/c1-2-16(12-4-3-5-14(21)8-12)26-20(27)17-9-13(10-23-17)18-15-6-7-22-19(15)25-11-24-18;1-12-3-2-4-13(7-12)17(10-26)25-20(27)16-8-14(9-22-16)18-15-5-6-21-19(15)24-11-23-18/h3-11,16,23H,2H2,1H3,(H,26,27)(H,22,24,25);2-9,11,17,22,26H,10H2,1H3,(H,25,27)(H,21,23,24). The molecule has 272 valence electrons. The Bertz CT molecular complexity index is 2380. The first-order valence-corrected chi connectivity index (χ1v) is 17.7. The van der Waals surface area contributed by atoms with Crippen LogP contribution in [0.5, 0.6) is 0 Å². The van der Waals surface area contributed by atoms with Crippen LogP contribution in [0.25, 0.3) is 44.6 Å². The van der Waals surface area contributed by atoms with E-state index in [1.807, 2.05) is 80.7 Å². The molecule has 7 N–H and O–H groups in total. The van der Waals surface area contributed by atoms with Gasteiger partial charge in [-0.1, -0.05) is 60.5 Å². The lowest BCUT2D eigenvalue weighted by atomic mass is 10.0. The van der Waals surface area contributed by atoms with Crippen molar-refractivity contribution in [3.8, 4) is 22.5 Å². The van der Waals surface area contributed by atoms with Gasteiger partial charge in [-0.15, -0.1) is 0 Å². The van der Waals surface area contributed by atoms with Crippen LogP contribution in [-0.4, -0.2) is 63.4 Å². The van der Waals surface area contributed by atoms with Gasteiger partial charge in [0, 0.05) is 51.7 Å². The van der Waals surface area contributed by atoms with Crippen molar-refractivity contribution in [2.75, 3.05) is 6.61 Å². The number of halogens is 1. The van der Waals surface area contributed by atoms with E-state index in [9.17, 15) is 14.7 Å². The molecule has 13 nitrogen and oxygen atoms in total. The van der Waals surface area contributed by atoms with Crippen molar-refractivity contribution >= 4 is 45.5 Å². The summed E-state index contributed by atoms with van der Waals surface area (Å²) in [5.41, 5.74) is 8.45. The third-order valence-corrected chi connectivity index (χ3v) is 9.24. The first-order valence-electron chi connectivity index (χ1n) is 17.3. The summed E-state index contributed by atoms with van der Waals surface area (Å²) in [4.78, 5) is 54.6. The summed E-state index contributed by atoms with van der Waals surface area (Å²) >= 11 is 6.08. The van der Waals surface area contributed by atoms with Crippen LogP contribution in [0, 0.1) is 6.92 Å². The maximum Gasteiger partial charge on any atom is 0.268 e. The summed E-state index contributed by atoms with van der Waals surface area (Å²) in [6, 6.07) is 22.0. The first kappa shape index (κ1) is 35.8. The Kier molecular flexibility index (Phi) is 10.6. The minimum atomic E-state index is -0.473. The maximum absolute atomic E-state index is 12.7. The molecule has 6 heterocycles. The number of hydrogen-bond acceptors (Lipinski definition) is 7. The van der Waals surface area contributed by atoms with E-state index < -0.39 is 6.04 Å². The summed E-state index contributed by atoms with van der Waals surface area (Å²) in [7, 11) is 0. The molecule has 2 amide bonds. The molecule has 0 aliphatic rings. The van der Waals surface area contributed by atoms with Gasteiger partial charge in [0.2, 0.25) is 0 Å². The number of nitrogens with zero attached hydrogens (tertiary/aromatic N) is 4. The molecule has 6 aromatic heterocycles. The minimum absolute atomic E-state index is 0.113. The fourth-order valence-electron chi connectivity index (χ4n) is 6.27. The van der Waals surface area contributed by atoms with E-state index in [-0.39, 0.29) is 24.5 Å². The number of aryl methyl sites for hydroxylation is 1. The van der Waals surface area contributed by atoms with Gasteiger partial charge in [-0.3, -0.25) is 9.59 Å². The second kappa shape index (κ2) is 16.0. The van der Waals surface area contributed by atoms with Gasteiger partial charge in [0.05, 0.1) is 30.1 Å². The normalized spacial score (nSPS) is 12.2. The summed E-state index contributed by atoms with van der Waals surface area (Å²) in [6.07, 6.45) is 10.9. The van der Waals surface area contributed by atoms with Gasteiger partial charge in [-0.25, -0.2) is 19.9 Å². The van der Waals surface area contributed by atoms with Crippen LogP contribution in [0.3, 0.4) is 0 Å². The van der Waals surface area contributed by atoms with Gasteiger partial charge in [0.1, 0.15) is 35.3 Å². The second-order valence-electron chi connectivity index (χ2n) is 12.6. The molecule has 0 aliphatic carbocycles. The fraction of sp³-hybridized carbons (Fsp3) is 0.150. The third kappa shape index (κ3) is 7.77. The van der Waals surface area contributed by atoms with Crippen molar-refractivity contribution < 1.29 is 14.7 Å². The first-order chi connectivity index (χ1) is 26.3. The highest BCUT2D eigenvalue weighted by Crippen LogP contribution is 2.27. The molecule has 14 heteroatoms. The van der Waals surface area contributed by atoms with Crippen LogP contribution in [0.2, 0.25) is 5.02 Å². The molecular weight excluding hydrogens is 704 g/mol. The molecule has 54 heavy (non-hydrogen) atoms. The molecule has 0 bridgehead atoms. The lowest BCUT2D eigenvalue weighted by Crippen LogP contribution is -2.31. The number of carbonyl (C=O) groups is 2. The predicted molar refractivity (Wildman–Crippen MR) is 208 cm³/mol. The molecule has 0 aliphatic heterocycles. The number of H-pyrrole nitrogens is 4. The van der Waals surface area contributed by atoms with E-state index in [0.717, 1.165) is 67.7 Å². The molecule has 2 atom stereocenters. The third-order valence-electron chi connectivity index (χ3n) is 9.01. The van der Waals surface area contributed by atoms with Crippen molar-refractivity contribution in [3.05, 3.63) is 143 Å². The Labute approximate surface area is 314 Å². The van der Waals surface area contributed by atoms with E-state index in [1.165, 1.54) is 12.7 Å². The van der Waals surface area contributed by atoms with Gasteiger partial charge in [-0.2, -0.15) is 0 Å². The summed E-state index contributed by atoms with van der Waals surface area (Å²) in [6.45, 7) is 3.81. The lowest BCUT2D eigenvalue weighted by Gasteiger charge is -2.17. The van der Waals surface area contributed by atoms with Crippen LogP contribution in [0.4, 0.5) is 0 Å². The van der Waals surface area contributed by atoms with Gasteiger partial charge in [0.25, 0.3) is 11.8 Å². The van der Waals surface area contributed by atoms with E-state index in [0.29, 0.717) is 16.4 Å². The fourth-order valence-corrected chi connectivity index (χ4v) is 6.47. The zero-order chi connectivity index (χ0) is 37.6. The molecule has 2 aromatic carbocycles. The maximum atomic E-state index is 12.7. The van der Waals surface area contributed by atoms with Gasteiger partial charge in [0.15, 0.2) is 0 Å². The highest BCUT2D eigenvalue weighted by Gasteiger charge is 2.19. The average Bonchev–Trinajstić information content (AvgIpc) is 4.03. The number of carbonyl (C=O) groups excluding carboxylic acids is 2. The predicted octanol–water partition coefficient (Wildman–Crippen LogP) is 7.21. The number of nitrogens with one attached hydrogen (secondary N) is 6. The van der Waals surface area contributed by atoms with Crippen molar-refractivity contribution in [1.82, 2.24) is 50.5 Å². The summed E-state index contributed by atoms with van der Waals surface area (Å²) in [5.74, 6) is -0.464. The number of aliphatic hydroxyl groups excluding tert-OH is 1. The van der Waals surface area contributed by atoms with Crippen molar-refractivity contribution in [3.63, 3.8) is 0 Å². The largest absolute Gasteiger partial charge is 0.394 e. The average molecular weight is 741 g/mol. The van der Waals surface area contributed by atoms with Crippen LogP contribution < -0.4 is 10.6 Å². The molecule has 0 saturated heterocycles. The quantitative estimate of drug-likeness (QED) is 0.0770. The Hall–Kier alpha value is -6.57. The molecular formula is C40H37ClN10O3. The zero-order valence-electron chi connectivity index (χ0n) is 29.4. The van der Waals surface area contributed by atoms with E-state index in [2.05, 4.69) is 50.5 Å². The van der Waals surface area contributed by atoms with Crippen LogP contribution >= 0.6 is 11.6 Å². The zero-order valence-corrected chi connectivity index (χ0v) is 30.1. The van der Waals surface area contributed by atoms with E-state index in [4.69, 9.17) is 11.6 Å². The Morgan fingerprint density at radius 3 is 1.76 bits per heavy atom. The molecule has 8 aromatic rings. The monoisotopic (exact) mass is 740 g/mol. The SMILES string of the molecule is CCC(NC(=O)c1cc(-c2ncnc3[nH]ccc23)c[nH]1)c1cccc(Cl)c1.Cc1cccc(C(CO)NC(=O)c2cc(-c3ncnc4[nH]ccc34)c[nH]2)c1. The smallest absolute Gasteiger partial charge is 0.268 e. The number of fused-ring (bicyclic) bond motifs is 2. The number of hydrogen-bond donors (Lipinski definition) is 7. The lowest BCUT2D eigenvalue weighted by molar-refractivity contribution is 0.0909. The van der Waals surface area contributed by atoms with Crippen LogP contribution in [0.15, 0.2) is 110 Å². The molecule has 0 spiro atoms. The number of benzene rings is 2. The van der Waals surface area contributed by atoms with Gasteiger partial charge >= 0.3 is 0 Å². The highest BCUT2D eigenvalue weighted by molar-refractivity contribution is 6.30. The van der Waals surface area contributed by atoms with Crippen LogP contribution in [0.1, 0.15) is 63.1 Å². The Balaban J connectivity index is 0.000000167. The number of aromatic amines is 4. The summed E-state index contributed by atoms with van der Waals surface area (Å²) in [5, 5.41) is 18.1. The number of rotatable bonds is 10. The topological polar surface area (TPSA) is 193 Å². The highest BCUT2D eigenvalue weighted by atomic mass is 35.5. The minimum Gasteiger partial charge on any atom is -0.394 e. The second-order valence-corrected chi connectivity index (χ2v) is 13.1. The Morgan fingerprint density at radius 2 is 1.24 bits per heavy atom. The van der Waals surface area contributed by atoms with Gasteiger partial charge in [-0.05, 0) is 60.9 Å². The Morgan fingerprint density at radius 1 is 0.704 bits per heavy atom. The van der Waals surface area contributed by atoms with E-state index >= 15 is 0 Å². The number of aromatic nitrogens is 8. The summed E-state index contributed by atoms with van der Waals surface area (Å²) < 4.78 is 0. The molecule has 0 radical (unpaired) electrons. The molecule has 8 rings (SSSR count). The van der Waals surface area contributed by atoms with Crippen LogP contribution in [-0.2, 0) is 0 Å². The number of amides is 2. The van der Waals surface area contributed by atoms with E-state index in [1.54, 1.807) is 30.7 Å². The molecule has 0 fully saturated rings.